The van der Waals surface area contributed by atoms with Gasteiger partial charge < -0.3 is 4.57 Å². The molecule has 0 atom stereocenters. The van der Waals surface area contributed by atoms with Crippen molar-refractivity contribution in [2.45, 2.75) is 34.2 Å². The summed E-state index contributed by atoms with van der Waals surface area (Å²) in [6.07, 6.45) is 1.80. The van der Waals surface area contributed by atoms with Crippen molar-refractivity contribution in [3.8, 4) is 0 Å². The van der Waals surface area contributed by atoms with Crippen molar-refractivity contribution in [1.29, 1.82) is 0 Å². The molecule has 0 unspecified atom stereocenters. The zero-order valence-corrected chi connectivity index (χ0v) is 8.29. The van der Waals surface area contributed by atoms with Gasteiger partial charge in [0.2, 0.25) is 0 Å². The molecule has 1 rings (SSSR count). The maximum Gasteiger partial charge on any atom is 0.253 e. The first-order valence-corrected chi connectivity index (χ1v) is 4.41. The van der Waals surface area contributed by atoms with Crippen LogP contribution in [0.4, 0.5) is 0 Å². The van der Waals surface area contributed by atoms with Crippen molar-refractivity contribution in [3.05, 3.63) is 34.2 Å². The summed E-state index contributed by atoms with van der Waals surface area (Å²) in [5.41, 5.74) is 0.925. The van der Waals surface area contributed by atoms with Crippen molar-refractivity contribution < 1.29 is 0 Å². The molecule has 2 heteroatoms. The van der Waals surface area contributed by atoms with Crippen molar-refractivity contribution >= 4 is 0 Å². The molecule has 1 heterocycles. The summed E-state index contributed by atoms with van der Waals surface area (Å²) in [6.45, 7) is 8.54. The third-order valence-electron chi connectivity index (χ3n) is 1.55. The summed E-state index contributed by atoms with van der Waals surface area (Å²) >= 11 is 0. The molecule has 1 aromatic rings. The van der Waals surface area contributed by atoms with E-state index in [2.05, 4.69) is 0 Å². The lowest BCUT2D eigenvalue weighted by Crippen LogP contribution is -2.19. The smallest absolute Gasteiger partial charge is 0.253 e. The molecule has 0 N–H and O–H groups in total. The standard InChI is InChI=1S/C8H11NO.C2H6/c1-3-9-6-4-5-7(2)8(9)10;1-2/h4-6H,3H2,1-2H3;1-2H3. The van der Waals surface area contributed by atoms with E-state index in [4.69, 9.17) is 0 Å². The van der Waals surface area contributed by atoms with Crippen LogP contribution < -0.4 is 5.56 Å². The lowest BCUT2D eigenvalue weighted by Gasteiger charge is -1.99. The van der Waals surface area contributed by atoms with Crippen molar-refractivity contribution in [3.63, 3.8) is 0 Å². The topological polar surface area (TPSA) is 22.0 Å². The van der Waals surface area contributed by atoms with E-state index in [1.54, 1.807) is 10.8 Å². The van der Waals surface area contributed by atoms with E-state index in [1.165, 1.54) is 0 Å². The molecule has 0 spiro atoms. The number of rotatable bonds is 1. The van der Waals surface area contributed by atoms with E-state index in [9.17, 15) is 4.79 Å². The summed E-state index contributed by atoms with van der Waals surface area (Å²) in [4.78, 5) is 11.2. The minimum absolute atomic E-state index is 0.116. The van der Waals surface area contributed by atoms with E-state index >= 15 is 0 Å². The first-order valence-electron chi connectivity index (χ1n) is 4.41. The summed E-state index contributed by atoms with van der Waals surface area (Å²) in [6, 6.07) is 3.72. The van der Waals surface area contributed by atoms with Crippen LogP contribution in [-0.4, -0.2) is 4.57 Å². The van der Waals surface area contributed by atoms with Crippen LogP contribution in [0.2, 0.25) is 0 Å². The molecule has 0 fully saturated rings. The van der Waals surface area contributed by atoms with Crippen LogP contribution in [0.3, 0.4) is 0 Å². The third kappa shape index (κ3) is 2.53. The monoisotopic (exact) mass is 167 g/mol. The second kappa shape index (κ2) is 5.58. The predicted octanol–water partition coefficient (Wildman–Crippen LogP) is 2.20. The number of pyridine rings is 1. The van der Waals surface area contributed by atoms with Gasteiger partial charge in [-0.1, -0.05) is 19.9 Å². The molecule has 0 saturated carbocycles. The van der Waals surface area contributed by atoms with E-state index < -0.39 is 0 Å². The molecule has 0 amide bonds. The maximum absolute atomic E-state index is 11.2. The maximum atomic E-state index is 11.2. The normalized spacial score (nSPS) is 8.67. The highest BCUT2D eigenvalue weighted by atomic mass is 16.1. The minimum atomic E-state index is 0.116. The molecule has 0 radical (unpaired) electrons. The molecular formula is C10H17NO. The van der Waals surface area contributed by atoms with Gasteiger partial charge in [0.1, 0.15) is 0 Å². The Bertz CT molecular complexity index is 275. The van der Waals surface area contributed by atoms with Gasteiger partial charge in [0.05, 0.1) is 0 Å². The number of hydrogen-bond donors (Lipinski definition) is 0. The van der Waals surface area contributed by atoms with Crippen LogP contribution in [0.1, 0.15) is 26.3 Å². The first-order chi connectivity index (χ1) is 5.75. The molecule has 0 saturated heterocycles. The van der Waals surface area contributed by atoms with Crippen LogP contribution in [-0.2, 0) is 6.54 Å². The third-order valence-corrected chi connectivity index (χ3v) is 1.55. The van der Waals surface area contributed by atoms with Gasteiger partial charge in [-0.2, -0.15) is 0 Å². The fraction of sp³-hybridized carbons (Fsp3) is 0.500. The average Bonchev–Trinajstić information content (AvgIpc) is 2.13. The Morgan fingerprint density at radius 1 is 1.42 bits per heavy atom. The highest BCUT2D eigenvalue weighted by molar-refractivity contribution is 5.07. The van der Waals surface area contributed by atoms with Gasteiger partial charge in [-0.15, -0.1) is 0 Å². The van der Waals surface area contributed by atoms with Crippen LogP contribution in [0.15, 0.2) is 23.1 Å². The van der Waals surface area contributed by atoms with Crippen LogP contribution in [0.25, 0.3) is 0 Å². The Labute approximate surface area is 73.9 Å². The van der Waals surface area contributed by atoms with Gasteiger partial charge >= 0.3 is 0 Å². The van der Waals surface area contributed by atoms with E-state index in [0.717, 1.165) is 12.1 Å². The molecule has 0 aliphatic carbocycles. The van der Waals surface area contributed by atoms with Crippen LogP contribution >= 0.6 is 0 Å². The fourth-order valence-corrected chi connectivity index (χ4v) is 0.906. The Balaban J connectivity index is 0.000000561. The molecule has 0 aliphatic rings. The highest BCUT2D eigenvalue weighted by Gasteiger charge is 1.93. The summed E-state index contributed by atoms with van der Waals surface area (Å²) in [5, 5.41) is 0. The lowest BCUT2D eigenvalue weighted by molar-refractivity contribution is 0.721. The summed E-state index contributed by atoms with van der Waals surface area (Å²) < 4.78 is 1.69. The van der Waals surface area contributed by atoms with Gasteiger partial charge in [0.15, 0.2) is 0 Å². The quantitative estimate of drug-likeness (QED) is 0.628. The lowest BCUT2D eigenvalue weighted by atomic mass is 10.3. The average molecular weight is 167 g/mol. The van der Waals surface area contributed by atoms with Gasteiger partial charge in [-0.3, -0.25) is 4.79 Å². The van der Waals surface area contributed by atoms with Crippen LogP contribution in [0, 0.1) is 6.92 Å². The summed E-state index contributed by atoms with van der Waals surface area (Å²) in [5.74, 6) is 0. The van der Waals surface area contributed by atoms with E-state index in [1.807, 2.05) is 39.8 Å². The van der Waals surface area contributed by atoms with Gasteiger partial charge in [0, 0.05) is 18.3 Å². The highest BCUT2D eigenvalue weighted by Crippen LogP contribution is 1.87. The van der Waals surface area contributed by atoms with Gasteiger partial charge in [0.25, 0.3) is 5.56 Å². The number of aryl methyl sites for hydroxylation is 2. The zero-order valence-electron chi connectivity index (χ0n) is 8.29. The van der Waals surface area contributed by atoms with Gasteiger partial charge in [-0.05, 0) is 19.9 Å². The first kappa shape index (κ1) is 11.0. The van der Waals surface area contributed by atoms with Crippen LogP contribution in [0.5, 0.6) is 0 Å². The molecule has 1 aromatic heterocycles. The van der Waals surface area contributed by atoms with Crippen molar-refractivity contribution in [1.82, 2.24) is 4.57 Å². The molecular weight excluding hydrogens is 150 g/mol. The number of aromatic nitrogens is 1. The Morgan fingerprint density at radius 3 is 2.42 bits per heavy atom. The Kier molecular flexibility index (Phi) is 5.09. The molecule has 0 aliphatic heterocycles. The predicted molar refractivity (Wildman–Crippen MR) is 52.5 cm³/mol. The molecule has 0 aromatic carbocycles. The van der Waals surface area contributed by atoms with Gasteiger partial charge in [-0.25, -0.2) is 0 Å². The second-order valence-electron chi connectivity index (χ2n) is 2.28. The SMILES string of the molecule is CC.CCn1cccc(C)c1=O. The van der Waals surface area contributed by atoms with E-state index in [0.29, 0.717) is 0 Å². The van der Waals surface area contributed by atoms with Crippen molar-refractivity contribution in [2.24, 2.45) is 0 Å². The molecule has 2 nitrogen and oxygen atoms in total. The fourth-order valence-electron chi connectivity index (χ4n) is 0.906. The molecule has 0 bridgehead atoms. The number of nitrogens with zero attached hydrogens (tertiary/aromatic N) is 1. The molecule has 68 valence electrons. The van der Waals surface area contributed by atoms with E-state index in [-0.39, 0.29) is 5.56 Å². The number of hydrogen-bond acceptors (Lipinski definition) is 1. The minimum Gasteiger partial charge on any atom is -0.316 e. The van der Waals surface area contributed by atoms with Crippen molar-refractivity contribution in [2.75, 3.05) is 0 Å². The zero-order chi connectivity index (χ0) is 9.56. The Morgan fingerprint density at radius 2 is 2.00 bits per heavy atom. The second-order valence-corrected chi connectivity index (χ2v) is 2.28. The molecule has 12 heavy (non-hydrogen) atoms. The largest absolute Gasteiger partial charge is 0.316 e. The Hall–Kier alpha value is -1.05. The summed E-state index contributed by atoms with van der Waals surface area (Å²) in [7, 11) is 0.